The third-order valence-corrected chi connectivity index (χ3v) is 3.69. The molecule has 0 fully saturated rings. The molecule has 0 aliphatic rings. The maximum absolute atomic E-state index is 12.3. The molecule has 1 amide bonds. The Morgan fingerprint density at radius 1 is 1.30 bits per heavy atom. The average Bonchev–Trinajstić information content (AvgIpc) is 2.87. The smallest absolute Gasteiger partial charge is 0.257 e. The molecule has 0 saturated heterocycles. The first-order chi connectivity index (χ1) is 11.0. The van der Waals surface area contributed by atoms with Gasteiger partial charge in [0, 0.05) is 24.0 Å². The lowest BCUT2D eigenvalue weighted by Gasteiger charge is -2.08. The summed E-state index contributed by atoms with van der Waals surface area (Å²) in [4.78, 5) is 31.0. The van der Waals surface area contributed by atoms with Crippen molar-refractivity contribution in [3.05, 3.63) is 56.8 Å². The Balaban J connectivity index is 1.81. The number of aromatic amines is 1. The standard InChI is InChI=1S/C16H16N4O3/c1-8-4-9(2)19-15(22)13(8)7-17-14(21)11-5-12-10(3)20-23-16(12)18-6-11/h4-6H,7H2,1-3H3,(H,17,21)(H,19,22). The number of rotatable bonds is 3. The number of carbonyl (C=O) groups is 1. The number of nitrogens with zero attached hydrogens (tertiary/aromatic N) is 2. The molecule has 3 rings (SSSR count). The molecule has 23 heavy (non-hydrogen) atoms. The van der Waals surface area contributed by atoms with E-state index in [1.165, 1.54) is 6.20 Å². The van der Waals surface area contributed by atoms with Crippen molar-refractivity contribution in [2.45, 2.75) is 27.3 Å². The van der Waals surface area contributed by atoms with Crippen molar-refractivity contribution >= 4 is 17.0 Å². The minimum atomic E-state index is -0.306. The Morgan fingerprint density at radius 3 is 2.83 bits per heavy atom. The lowest BCUT2D eigenvalue weighted by molar-refractivity contribution is 0.0950. The maximum Gasteiger partial charge on any atom is 0.257 e. The minimum absolute atomic E-state index is 0.154. The first kappa shape index (κ1) is 15.0. The van der Waals surface area contributed by atoms with Gasteiger partial charge in [-0.25, -0.2) is 4.98 Å². The number of pyridine rings is 2. The van der Waals surface area contributed by atoms with Crippen molar-refractivity contribution in [3.63, 3.8) is 0 Å². The van der Waals surface area contributed by atoms with E-state index < -0.39 is 0 Å². The van der Waals surface area contributed by atoms with Gasteiger partial charge in [-0.3, -0.25) is 9.59 Å². The predicted octanol–water partition coefficient (Wildman–Crippen LogP) is 1.77. The number of fused-ring (bicyclic) bond motifs is 1. The van der Waals surface area contributed by atoms with Crippen LogP contribution in [0.2, 0.25) is 0 Å². The molecule has 0 radical (unpaired) electrons. The number of hydrogen-bond donors (Lipinski definition) is 2. The van der Waals surface area contributed by atoms with Crippen molar-refractivity contribution < 1.29 is 9.32 Å². The van der Waals surface area contributed by atoms with Crippen molar-refractivity contribution in [2.75, 3.05) is 0 Å². The fourth-order valence-corrected chi connectivity index (χ4v) is 2.44. The van der Waals surface area contributed by atoms with Gasteiger partial charge in [-0.1, -0.05) is 5.16 Å². The van der Waals surface area contributed by atoms with Crippen molar-refractivity contribution in [1.29, 1.82) is 0 Å². The van der Waals surface area contributed by atoms with Gasteiger partial charge in [0.2, 0.25) is 0 Å². The Labute approximate surface area is 131 Å². The van der Waals surface area contributed by atoms with Gasteiger partial charge in [-0.15, -0.1) is 0 Å². The van der Waals surface area contributed by atoms with Crippen LogP contribution < -0.4 is 10.9 Å². The molecule has 118 valence electrons. The second-order valence-electron chi connectivity index (χ2n) is 5.47. The summed E-state index contributed by atoms with van der Waals surface area (Å²) in [6.45, 7) is 5.60. The second-order valence-corrected chi connectivity index (χ2v) is 5.47. The van der Waals surface area contributed by atoms with E-state index in [-0.39, 0.29) is 18.0 Å². The van der Waals surface area contributed by atoms with Gasteiger partial charge in [0.1, 0.15) is 0 Å². The van der Waals surface area contributed by atoms with Gasteiger partial charge in [0.15, 0.2) is 0 Å². The molecule has 0 bridgehead atoms. The molecule has 3 aromatic rings. The van der Waals surface area contributed by atoms with E-state index in [9.17, 15) is 9.59 Å². The molecule has 0 unspecified atom stereocenters. The summed E-state index contributed by atoms with van der Waals surface area (Å²) < 4.78 is 5.02. The quantitative estimate of drug-likeness (QED) is 0.767. The predicted molar refractivity (Wildman–Crippen MR) is 84.2 cm³/mol. The highest BCUT2D eigenvalue weighted by Crippen LogP contribution is 2.16. The Kier molecular flexibility index (Phi) is 3.69. The van der Waals surface area contributed by atoms with Crippen LogP contribution in [-0.4, -0.2) is 21.0 Å². The number of H-pyrrole nitrogens is 1. The highest BCUT2D eigenvalue weighted by atomic mass is 16.5. The van der Waals surface area contributed by atoms with E-state index in [2.05, 4.69) is 20.4 Å². The van der Waals surface area contributed by atoms with Crippen LogP contribution in [-0.2, 0) is 6.54 Å². The average molecular weight is 312 g/mol. The zero-order valence-corrected chi connectivity index (χ0v) is 13.1. The summed E-state index contributed by atoms with van der Waals surface area (Å²) in [5.41, 5.74) is 3.45. The van der Waals surface area contributed by atoms with E-state index in [1.807, 2.05) is 19.9 Å². The summed E-state index contributed by atoms with van der Waals surface area (Å²) in [6.07, 6.45) is 1.43. The highest BCUT2D eigenvalue weighted by molar-refractivity contribution is 5.96. The highest BCUT2D eigenvalue weighted by Gasteiger charge is 2.13. The van der Waals surface area contributed by atoms with Crippen molar-refractivity contribution in [1.82, 2.24) is 20.4 Å². The molecule has 3 aromatic heterocycles. The lowest BCUT2D eigenvalue weighted by Crippen LogP contribution is -2.28. The van der Waals surface area contributed by atoms with Gasteiger partial charge in [0.05, 0.1) is 16.6 Å². The number of aryl methyl sites for hydroxylation is 3. The number of carbonyl (C=O) groups excluding carboxylic acids is 1. The number of amides is 1. The van der Waals surface area contributed by atoms with E-state index in [1.54, 1.807) is 13.0 Å². The zero-order valence-electron chi connectivity index (χ0n) is 13.1. The van der Waals surface area contributed by atoms with Crippen LogP contribution in [0.5, 0.6) is 0 Å². The summed E-state index contributed by atoms with van der Waals surface area (Å²) >= 11 is 0. The molecular formula is C16H16N4O3. The molecule has 0 spiro atoms. The van der Waals surface area contributed by atoms with E-state index >= 15 is 0 Å². The third kappa shape index (κ3) is 2.85. The minimum Gasteiger partial charge on any atom is -0.348 e. The molecule has 0 aliphatic heterocycles. The van der Waals surface area contributed by atoms with E-state index in [0.717, 1.165) is 11.3 Å². The summed E-state index contributed by atoms with van der Waals surface area (Å²) in [5.74, 6) is -0.306. The summed E-state index contributed by atoms with van der Waals surface area (Å²) in [7, 11) is 0. The van der Waals surface area contributed by atoms with Crippen molar-refractivity contribution in [2.24, 2.45) is 0 Å². The molecule has 7 nitrogen and oxygen atoms in total. The second kappa shape index (κ2) is 5.68. The molecule has 2 N–H and O–H groups in total. The molecule has 0 aromatic carbocycles. The number of aromatic nitrogens is 3. The molecule has 0 aliphatic carbocycles. The Bertz CT molecular complexity index is 956. The fraction of sp³-hybridized carbons (Fsp3) is 0.250. The van der Waals surface area contributed by atoms with Crippen LogP contribution in [0.3, 0.4) is 0 Å². The largest absolute Gasteiger partial charge is 0.348 e. The third-order valence-electron chi connectivity index (χ3n) is 3.69. The lowest BCUT2D eigenvalue weighted by atomic mass is 10.1. The molecule has 7 heteroatoms. The molecule has 3 heterocycles. The van der Waals surface area contributed by atoms with Crippen LogP contribution >= 0.6 is 0 Å². The Hall–Kier alpha value is -2.96. The van der Waals surface area contributed by atoms with Gasteiger partial charge in [-0.05, 0) is 38.5 Å². The van der Waals surface area contributed by atoms with Crippen LogP contribution in [0.25, 0.3) is 11.1 Å². The van der Waals surface area contributed by atoms with Crippen LogP contribution in [0.1, 0.15) is 32.9 Å². The monoisotopic (exact) mass is 312 g/mol. The van der Waals surface area contributed by atoms with Crippen LogP contribution in [0, 0.1) is 20.8 Å². The van der Waals surface area contributed by atoms with Gasteiger partial charge in [-0.2, -0.15) is 0 Å². The van der Waals surface area contributed by atoms with Crippen LogP contribution in [0.4, 0.5) is 0 Å². The SMILES string of the molecule is Cc1cc(C)c(CNC(=O)c2cnc3onc(C)c3c2)c(=O)[nH]1. The normalized spacial score (nSPS) is 10.9. The fourth-order valence-electron chi connectivity index (χ4n) is 2.44. The first-order valence-electron chi connectivity index (χ1n) is 7.15. The summed E-state index contributed by atoms with van der Waals surface area (Å²) in [6, 6.07) is 3.55. The van der Waals surface area contributed by atoms with Gasteiger partial charge < -0.3 is 14.8 Å². The Morgan fingerprint density at radius 2 is 2.09 bits per heavy atom. The van der Waals surface area contributed by atoms with E-state index in [4.69, 9.17) is 4.52 Å². The van der Waals surface area contributed by atoms with Crippen molar-refractivity contribution in [3.8, 4) is 0 Å². The topological polar surface area (TPSA) is 101 Å². The zero-order chi connectivity index (χ0) is 16.6. The van der Waals surface area contributed by atoms with Crippen LogP contribution in [0.15, 0.2) is 27.6 Å². The maximum atomic E-state index is 12.3. The first-order valence-corrected chi connectivity index (χ1v) is 7.15. The molecule has 0 saturated carbocycles. The molecular weight excluding hydrogens is 296 g/mol. The van der Waals surface area contributed by atoms with Gasteiger partial charge in [0.25, 0.3) is 17.2 Å². The molecule has 0 atom stereocenters. The van der Waals surface area contributed by atoms with Gasteiger partial charge >= 0.3 is 0 Å². The van der Waals surface area contributed by atoms with E-state index in [0.29, 0.717) is 27.9 Å². The number of hydrogen-bond acceptors (Lipinski definition) is 5. The summed E-state index contributed by atoms with van der Waals surface area (Å²) in [5, 5.41) is 7.25. The number of nitrogens with one attached hydrogen (secondary N) is 2.